The lowest BCUT2D eigenvalue weighted by molar-refractivity contribution is 0.0522. The largest absolute Gasteiger partial charge is 0.480 e. The van der Waals surface area contributed by atoms with E-state index in [4.69, 9.17) is 14.5 Å². The first-order valence-corrected chi connectivity index (χ1v) is 11.8. The number of nitrogens with one attached hydrogen (secondary N) is 1. The van der Waals surface area contributed by atoms with Crippen LogP contribution in [0.3, 0.4) is 0 Å². The number of pyridine rings is 2. The Morgan fingerprint density at radius 1 is 1.34 bits per heavy atom. The Kier molecular flexibility index (Phi) is 7.02. The van der Waals surface area contributed by atoms with Crippen LogP contribution < -0.4 is 10.1 Å². The molecule has 2 aliphatic rings. The Labute approximate surface area is 205 Å². The van der Waals surface area contributed by atoms with Crippen LogP contribution in [0, 0.1) is 17.2 Å². The van der Waals surface area contributed by atoms with Crippen molar-refractivity contribution in [2.24, 2.45) is 5.92 Å². The van der Waals surface area contributed by atoms with Crippen molar-refractivity contribution >= 4 is 28.1 Å². The summed E-state index contributed by atoms with van der Waals surface area (Å²) in [7, 11) is 1.55. The average molecular weight is 471 g/mol. The molecule has 0 saturated carbocycles. The van der Waals surface area contributed by atoms with E-state index in [0.717, 1.165) is 41.7 Å². The first kappa shape index (κ1) is 24.2. The predicted molar refractivity (Wildman–Crippen MR) is 137 cm³/mol. The molecule has 1 atom stereocenters. The molecule has 1 N–H and O–H groups in total. The maximum atomic E-state index is 12.0. The molecular formula is C28H30N4O3. The lowest BCUT2D eigenvalue weighted by atomic mass is 9.86. The van der Waals surface area contributed by atoms with Crippen molar-refractivity contribution in [2.45, 2.75) is 45.6 Å². The van der Waals surface area contributed by atoms with E-state index in [-0.39, 0.29) is 5.92 Å². The number of hydrogen-bond donors (Lipinski definition) is 1. The summed E-state index contributed by atoms with van der Waals surface area (Å²) < 4.78 is 10.8. The van der Waals surface area contributed by atoms with Crippen molar-refractivity contribution < 1.29 is 14.3 Å². The van der Waals surface area contributed by atoms with Crippen LogP contribution in [0.25, 0.3) is 22.0 Å². The summed E-state index contributed by atoms with van der Waals surface area (Å²) in [4.78, 5) is 21.3. The number of methoxy groups -OCH3 is 1. The molecule has 0 fully saturated rings. The zero-order valence-electron chi connectivity index (χ0n) is 20.6. The van der Waals surface area contributed by atoms with Crippen molar-refractivity contribution in [3.63, 3.8) is 0 Å². The van der Waals surface area contributed by atoms with E-state index in [0.29, 0.717) is 28.9 Å². The van der Waals surface area contributed by atoms with Crippen LogP contribution in [-0.2, 0) is 4.74 Å². The zero-order valence-corrected chi connectivity index (χ0v) is 20.6. The van der Waals surface area contributed by atoms with E-state index in [2.05, 4.69) is 40.7 Å². The molecule has 2 aromatic heterocycles. The summed E-state index contributed by atoms with van der Waals surface area (Å²) in [6, 6.07) is 4.22. The van der Waals surface area contributed by atoms with Crippen LogP contribution in [0.5, 0.6) is 5.88 Å². The molecule has 0 spiro atoms. The molecule has 7 heteroatoms. The number of allylic oxidation sites excluding steroid dienone is 7. The summed E-state index contributed by atoms with van der Waals surface area (Å²) in [5.41, 5.74) is 4.30. The van der Waals surface area contributed by atoms with Gasteiger partial charge in [0.25, 0.3) is 0 Å². The molecule has 0 radical (unpaired) electrons. The number of alkyl carbamates (subject to hydrolysis) is 1. The van der Waals surface area contributed by atoms with E-state index in [9.17, 15) is 10.1 Å². The second kappa shape index (κ2) is 10.1. The van der Waals surface area contributed by atoms with Crippen molar-refractivity contribution in [1.82, 2.24) is 15.3 Å². The summed E-state index contributed by atoms with van der Waals surface area (Å²) >= 11 is 0. The van der Waals surface area contributed by atoms with Gasteiger partial charge in [-0.2, -0.15) is 5.26 Å². The summed E-state index contributed by atoms with van der Waals surface area (Å²) in [5.74, 6) is 0.541. The van der Waals surface area contributed by atoms with E-state index < -0.39 is 11.7 Å². The predicted octanol–water partition coefficient (Wildman–Crippen LogP) is 5.73. The van der Waals surface area contributed by atoms with Crippen molar-refractivity contribution in [2.75, 3.05) is 13.7 Å². The van der Waals surface area contributed by atoms with Gasteiger partial charge < -0.3 is 14.8 Å². The van der Waals surface area contributed by atoms with Gasteiger partial charge in [0, 0.05) is 18.3 Å². The molecular weight excluding hydrogens is 440 g/mol. The van der Waals surface area contributed by atoms with Gasteiger partial charge in [0.05, 0.1) is 29.3 Å². The van der Waals surface area contributed by atoms with Gasteiger partial charge >= 0.3 is 6.09 Å². The van der Waals surface area contributed by atoms with Crippen LogP contribution in [0.15, 0.2) is 48.7 Å². The monoisotopic (exact) mass is 470 g/mol. The maximum absolute atomic E-state index is 12.0. The number of rotatable bonds is 5. The minimum absolute atomic E-state index is 0.145. The fourth-order valence-electron chi connectivity index (χ4n) is 4.30. The maximum Gasteiger partial charge on any atom is 0.407 e. The standard InChI is InChI=1S/C28H30N4O3/c1-28(2,3)35-27(33)31-17-18-10-12-20(13-11-18)25-23(19-8-6-5-7-9-19)21(16-29)24-22(32-25)14-15-30-26(24)34-4/h5-6,8,10,12-15,18H,7,9,11,17H2,1-4H3,(H,31,33). The van der Waals surface area contributed by atoms with E-state index in [1.54, 1.807) is 13.3 Å². The lowest BCUT2D eigenvalue weighted by Gasteiger charge is -2.23. The number of aromatic nitrogens is 2. The minimum Gasteiger partial charge on any atom is -0.480 e. The van der Waals surface area contributed by atoms with Crippen LogP contribution in [-0.4, -0.2) is 35.3 Å². The first-order valence-electron chi connectivity index (χ1n) is 11.8. The molecule has 7 nitrogen and oxygen atoms in total. The third kappa shape index (κ3) is 5.43. The van der Waals surface area contributed by atoms with Crippen molar-refractivity contribution in [1.29, 1.82) is 5.26 Å². The molecule has 4 rings (SSSR count). The van der Waals surface area contributed by atoms with Crippen LogP contribution in [0.2, 0.25) is 0 Å². The summed E-state index contributed by atoms with van der Waals surface area (Å²) in [5, 5.41) is 13.7. The molecule has 0 bridgehead atoms. The average Bonchev–Trinajstić information content (AvgIpc) is 2.85. The van der Waals surface area contributed by atoms with Crippen molar-refractivity contribution in [3.05, 3.63) is 65.5 Å². The highest BCUT2D eigenvalue weighted by atomic mass is 16.6. The van der Waals surface area contributed by atoms with E-state index in [1.165, 1.54) is 0 Å². The number of carbonyl (C=O) groups excluding carboxylic acids is 1. The highest BCUT2D eigenvalue weighted by Crippen LogP contribution is 2.39. The van der Waals surface area contributed by atoms with Gasteiger partial charge in [-0.15, -0.1) is 0 Å². The third-order valence-electron chi connectivity index (χ3n) is 5.87. The Hall–Kier alpha value is -3.92. The molecule has 0 saturated heterocycles. The topological polar surface area (TPSA) is 97.1 Å². The number of ether oxygens (including phenoxy) is 2. The van der Waals surface area contributed by atoms with Gasteiger partial charge in [0.2, 0.25) is 5.88 Å². The fraction of sp³-hybridized carbons (Fsp3) is 0.357. The highest BCUT2D eigenvalue weighted by Gasteiger charge is 2.24. The molecule has 2 aliphatic carbocycles. The van der Waals surface area contributed by atoms with Gasteiger partial charge in [-0.05, 0) is 63.2 Å². The third-order valence-corrected chi connectivity index (χ3v) is 5.87. The van der Waals surface area contributed by atoms with Gasteiger partial charge in [-0.1, -0.05) is 36.5 Å². The molecule has 1 unspecified atom stereocenters. The Balaban J connectivity index is 1.69. The van der Waals surface area contributed by atoms with Crippen molar-refractivity contribution in [3.8, 4) is 11.9 Å². The normalized spacial score (nSPS) is 17.4. The van der Waals surface area contributed by atoms with E-state index in [1.807, 2.05) is 39.0 Å². The van der Waals surface area contributed by atoms with Gasteiger partial charge in [-0.3, -0.25) is 0 Å². The van der Waals surface area contributed by atoms with E-state index >= 15 is 0 Å². The number of hydrogen-bond acceptors (Lipinski definition) is 6. The molecule has 0 aliphatic heterocycles. The lowest BCUT2D eigenvalue weighted by Crippen LogP contribution is -2.35. The quantitative estimate of drug-likeness (QED) is 0.600. The van der Waals surface area contributed by atoms with Gasteiger partial charge in [-0.25, -0.2) is 14.8 Å². The first-order chi connectivity index (χ1) is 16.8. The Morgan fingerprint density at radius 2 is 2.17 bits per heavy atom. The number of fused-ring (bicyclic) bond motifs is 1. The molecule has 180 valence electrons. The summed E-state index contributed by atoms with van der Waals surface area (Å²) in [6.07, 6.45) is 16.1. The Morgan fingerprint density at radius 3 is 2.80 bits per heavy atom. The van der Waals surface area contributed by atoms with Gasteiger partial charge in [0.15, 0.2) is 0 Å². The number of nitriles is 1. The van der Waals surface area contributed by atoms with Crippen LogP contribution in [0.4, 0.5) is 4.79 Å². The second-order valence-electron chi connectivity index (χ2n) is 9.59. The minimum atomic E-state index is -0.530. The number of nitrogens with zero attached hydrogens (tertiary/aromatic N) is 3. The second-order valence-corrected chi connectivity index (χ2v) is 9.59. The molecule has 1 amide bonds. The molecule has 2 aromatic rings. The van der Waals surface area contributed by atoms with Crippen LogP contribution >= 0.6 is 0 Å². The molecule has 35 heavy (non-hydrogen) atoms. The highest BCUT2D eigenvalue weighted by molar-refractivity contribution is 5.98. The zero-order chi connectivity index (χ0) is 25.0. The van der Waals surface area contributed by atoms with Gasteiger partial charge in [0.1, 0.15) is 11.7 Å². The smallest absolute Gasteiger partial charge is 0.407 e. The summed E-state index contributed by atoms with van der Waals surface area (Å²) in [6.45, 7) is 6.01. The SMILES string of the molecule is COc1nccc2nc(C3=CCC(CNC(=O)OC(C)(C)C)C=C3)c(C3=CC=CCC3)c(C#N)c12. The fourth-order valence-corrected chi connectivity index (χ4v) is 4.30. The Bertz CT molecular complexity index is 1310. The number of carbonyl (C=O) groups is 1. The number of amides is 1. The molecule has 2 heterocycles. The van der Waals surface area contributed by atoms with Crippen LogP contribution in [0.1, 0.15) is 56.9 Å². The molecule has 0 aromatic carbocycles.